The lowest BCUT2D eigenvalue weighted by atomic mass is 10.3. The number of benzene rings is 1. The molecule has 112 valence electrons. The molecule has 1 aromatic carbocycles. The van der Waals surface area contributed by atoms with Gasteiger partial charge in [-0.2, -0.15) is 0 Å². The van der Waals surface area contributed by atoms with Crippen LogP contribution in [0.1, 0.15) is 20.8 Å². The predicted octanol–water partition coefficient (Wildman–Crippen LogP) is 3.12. The monoisotopic (exact) mass is 303 g/mol. The van der Waals surface area contributed by atoms with Gasteiger partial charge in [-0.1, -0.05) is 18.2 Å². The van der Waals surface area contributed by atoms with Crippen LogP contribution in [0.25, 0.3) is 0 Å². The van der Waals surface area contributed by atoms with E-state index in [9.17, 15) is 13.8 Å². The third kappa shape index (κ3) is 5.31. The van der Waals surface area contributed by atoms with Gasteiger partial charge < -0.3 is 9.26 Å². The summed E-state index contributed by atoms with van der Waals surface area (Å²) in [5, 5.41) is 2.33. The summed E-state index contributed by atoms with van der Waals surface area (Å²) in [7, 11) is -3.83. The van der Waals surface area contributed by atoms with E-state index in [4.69, 9.17) is 9.26 Å². The smallest absolute Gasteiger partial charge is 0.350 e. The molecule has 0 saturated heterocycles. The second kappa shape index (κ2) is 7.41. The summed E-state index contributed by atoms with van der Waals surface area (Å²) in [6.45, 7) is 4.12. The first kappa shape index (κ1) is 16.7. The minimum atomic E-state index is -3.83. The number of hydrogen-bond donors (Lipinski definition) is 1. The molecule has 5 nitrogen and oxygen atoms in total. The van der Waals surface area contributed by atoms with Crippen LogP contribution in [0.3, 0.4) is 0 Å². The minimum absolute atomic E-state index is 0.269. The first-order valence-corrected chi connectivity index (χ1v) is 7.96. The maximum atomic E-state index is 13.5. The van der Waals surface area contributed by atoms with Gasteiger partial charge >= 0.3 is 13.5 Å². The second-order valence-corrected chi connectivity index (χ2v) is 6.85. The fourth-order valence-corrected chi connectivity index (χ4v) is 2.59. The zero-order valence-corrected chi connectivity index (χ0v) is 12.6. The highest BCUT2D eigenvalue weighted by molar-refractivity contribution is 7.57. The van der Waals surface area contributed by atoms with Crippen molar-refractivity contribution in [2.75, 3.05) is 6.54 Å². The summed E-state index contributed by atoms with van der Waals surface area (Å²) in [6.07, 6.45) is -0.290. The zero-order valence-electron chi connectivity index (χ0n) is 11.7. The third-order valence-corrected chi connectivity index (χ3v) is 4.28. The van der Waals surface area contributed by atoms with E-state index in [1.165, 1.54) is 0 Å². The standard InChI is InChI=1S/C13H19FNO4P/c1-10(2)18-13(16)9-15-20(17,11(3)14)19-12-7-5-4-6-8-12/h4-8,10-11H,9H2,1-3H3,(H,15,17). The molecule has 2 unspecified atom stereocenters. The Morgan fingerprint density at radius 2 is 1.90 bits per heavy atom. The van der Waals surface area contributed by atoms with Crippen LogP contribution in [-0.4, -0.2) is 24.5 Å². The van der Waals surface area contributed by atoms with Crippen molar-refractivity contribution in [1.82, 2.24) is 5.09 Å². The second-order valence-electron chi connectivity index (χ2n) is 4.45. The van der Waals surface area contributed by atoms with Gasteiger partial charge in [-0.25, -0.2) is 9.48 Å². The van der Waals surface area contributed by atoms with Gasteiger partial charge in [0, 0.05) is 0 Å². The Hall–Kier alpha value is -1.39. The zero-order chi connectivity index (χ0) is 15.2. The van der Waals surface area contributed by atoms with Gasteiger partial charge in [0.1, 0.15) is 12.3 Å². The summed E-state index contributed by atoms with van der Waals surface area (Å²) in [5.74, 6) is -2.10. The topological polar surface area (TPSA) is 64.6 Å². The Bertz CT molecular complexity index is 479. The van der Waals surface area contributed by atoms with E-state index in [0.717, 1.165) is 6.92 Å². The summed E-state index contributed by atoms with van der Waals surface area (Å²) in [5.41, 5.74) is 0. The third-order valence-electron chi connectivity index (χ3n) is 2.26. The van der Waals surface area contributed by atoms with E-state index in [1.54, 1.807) is 44.2 Å². The van der Waals surface area contributed by atoms with Gasteiger partial charge in [0.05, 0.1) is 6.10 Å². The van der Waals surface area contributed by atoms with E-state index in [1.807, 2.05) is 0 Å². The van der Waals surface area contributed by atoms with Crippen LogP contribution in [0.4, 0.5) is 4.39 Å². The highest BCUT2D eigenvalue weighted by atomic mass is 31.2. The lowest BCUT2D eigenvalue weighted by molar-refractivity contribution is -0.145. The molecule has 0 fully saturated rings. The molecule has 2 atom stereocenters. The van der Waals surface area contributed by atoms with Crippen LogP contribution in [0, 0.1) is 0 Å². The van der Waals surface area contributed by atoms with Gasteiger partial charge in [0.25, 0.3) is 0 Å². The number of ether oxygens (including phenoxy) is 1. The maximum Gasteiger partial charge on any atom is 0.350 e. The molecule has 0 heterocycles. The molecule has 7 heteroatoms. The highest BCUT2D eigenvalue weighted by Gasteiger charge is 2.33. The van der Waals surface area contributed by atoms with Crippen LogP contribution >= 0.6 is 7.52 Å². The summed E-state index contributed by atoms with van der Waals surface area (Å²) < 4.78 is 36.0. The Balaban J connectivity index is 2.68. The van der Waals surface area contributed by atoms with Crippen molar-refractivity contribution >= 4 is 13.5 Å². The number of carbonyl (C=O) groups is 1. The average molecular weight is 303 g/mol. The molecular weight excluding hydrogens is 284 g/mol. The molecule has 0 radical (unpaired) electrons. The molecule has 0 amide bonds. The quantitative estimate of drug-likeness (QED) is 0.619. The van der Waals surface area contributed by atoms with Crippen molar-refractivity contribution in [3.05, 3.63) is 30.3 Å². The van der Waals surface area contributed by atoms with Crippen LogP contribution in [0.5, 0.6) is 5.75 Å². The molecule has 1 N–H and O–H groups in total. The van der Waals surface area contributed by atoms with Crippen LogP contribution < -0.4 is 9.61 Å². The number of rotatable bonds is 7. The molecule has 0 aromatic heterocycles. The fourth-order valence-electron chi connectivity index (χ4n) is 1.35. The van der Waals surface area contributed by atoms with Crippen LogP contribution in [0.2, 0.25) is 0 Å². The SMILES string of the molecule is CC(C)OC(=O)CNP(=O)(Oc1ccccc1)C(C)F. The molecule has 1 aromatic rings. The number of alkyl halides is 1. The largest absolute Gasteiger partial charge is 0.462 e. The molecule has 20 heavy (non-hydrogen) atoms. The van der Waals surface area contributed by atoms with Crippen LogP contribution in [0.15, 0.2) is 30.3 Å². The van der Waals surface area contributed by atoms with Gasteiger partial charge in [-0.05, 0) is 32.9 Å². The first-order valence-electron chi connectivity index (χ1n) is 6.26. The predicted molar refractivity (Wildman–Crippen MR) is 74.5 cm³/mol. The lowest BCUT2D eigenvalue weighted by Crippen LogP contribution is -2.28. The molecule has 1 rings (SSSR count). The average Bonchev–Trinajstić information content (AvgIpc) is 2.36. The number of halogens is 1. The van der Waals surface area contributed by atoms with Gasteiger partial charge in [0.15, 0.2) is 5.91 Å². The number of para-hydroxylation sites is 1. The van der Waals surface area contributed by atoms with E-state index in [2.05, 4.69) is 5.09 Å². The molecular formula is C13H19FNO4P. The normalized spacial score (nSPS) is 15.4. The van der Waals surface area contributed by atoms with Crippen molar-refractivity contribution in [3.8, 4) is 5.75 Å². The Morgan fingerprint density at radius 1 is 1.30 bits per heavy atom. The van der Waals surface area contributed by atoms with Gasteiger partial charge in [-0.15, -0.1) is 0 Å². The number of esters is 1. The lowest BCUT2D eigenvalue weighted by Gasteiger charge is -2.21. The molecule has 0 aliphatic rings. The summed E-state index contributed by atoms with van der Waals surface area (Å²) >= 11 is 0. The number of carbonyl (C=O) groups excluding carboxylic acids is 1. The van der Waals surface area contributed by atoms with Crippen molar-refractivity contribution in [1.29, 1.82) is 0 Å². The molecule has 0 bridgehead atoms. The molecule has 0 spiro atoms. The Labute approximate surface area is 118 Å². The van der Waals surface area contributed by atoms with Gasteiger partial charge in [-0.3, -0.25) is 9.36 Å². The van der Waals surface area contributed by atoms with Crippen molar-refractivity contribution in [2.45, 2.75) is 32.8 Å². The highest BCUT2D eigenvalue weighted by Crippen LogP contribution is 2.48. The van der Waals surface area contributed by atoms with E-state index < -0.39 is 19.4 Å². The summed E-state index contributed by atoms with van der Waals surface area (Å²) in [4.78, 5) is 11.4. The number of hydrogen-bond acceptors (Lipinski definition) is 4. The molecule has 0 saturated carbocycles. The Morgan fingerprint density at radius 3 is 2.40 bits per heavy atom. The van der Waals surface area contributed by atoms with Crippen molar-refractivity contribution in [2.24, 2.45) is 0 Å². The minimum Gasteiger partial charge on any atom is -0.462 e. The summed E-state index contributed by atoms with van der Waals surface area (Å²) in [6, 6.07) is 8.22. The first-order chi connectivity index (χ1) is 9.33. The van der Waals surface area contributed by atoms with E-state index in [0.29, 0.717) is 0 Å². The maximum absolute atomic E-state index is 13.5. The van der Waals surface area contributed by atoms with E-state index >= 15 is 0 Å². The fraction of sp³-hybridized carbons (Fsp3) is 0.462. The Kier molecular flexibility index (Phi) is 6.17. The molecule has 0 aliphatic heterocycles. The van der Waals surface area contributed by atoms with E-state index in [-0.39, 0.29) is 18.4 Å². The van der Waals surface area contributed by atoms with Gasteiger partial charge in [0.2, 0.25) is 0 Å². The van der Waals surface area contributed by atoms with Crippen molar-refractivity contribution < 1.29 is 23.0 Å². The molecule has 0 aliphatic carbocycles. The van der Waals surface area contributed by atoms with Crippen LogP contribution in [-0.2, 0) is 14.1 Å². The number of nitrogens with one attached hydrogen (secondary N) is 1. The van der Waals surface area contributed by atoms with Crippen molar-refractivity contribution in [3.63, 3.8) is 0 Å².